The van der Waals surface area contributed by atoms with Crippen molar-refractivity contribution in [1.82, 2.24) is 4.90 Å². The van der Waals surface area contributed by atoms with Crippen molar-refractivity contribution in [3.63, 3.8) is 0 Å². The van der Waals surface area contributed by atoms with Crippen molar-refractivity contribution in [2.75, 3.05) is 53.7 Å². The number of allylic oxidation sites excluding steroid dienone is 2. The lowest BCUT2D eigenvalue weighted by Gasteiger charge is -2.26. The molecule has 2 aliphatic heterocycles. The van der Waals surface area contributed by atoms with E-state index in [9.17, 15) is 19.2 Å². The van der Waals surface area contributed by atoms with Gasteiger partial charge in [0.25, 0.3) is 0 Å². The third kappa shape index (κ3) is 9.29. The summed E-state index contributed by atoms with van der Waals surface area (Å²) in [6.45, 7) is 7.95. The van der Waals surface area contributed by atoms with Crippen LogP contribution in [0.3, 0.4) is 0 Å². The minimum atomic E-state index is -0.555. The number of hydrogen-bond donors (Lipinski definition) is 0. The van der Waals surface area contributed by atoms with Gasteiger partial charge in [-0.05, 0) is 45.1 Å². The predicted octanol–water partition coefficient (Wildman–Crippen LogP) is 3.46. The summed E-state index contributed by atoms with van der Waals surface area (Å²) >= 11 is 0. The first-order valence-electron chi connectivity index (χ1n) is 14.0. The molecule has 2 heterocycles. The zero-order valence-electron chi connectivity index (χ0n) is 24.5. The van der Waals surface area contributed by atoms with Crippen LogP contribution in [0, 0.1) is 6.92 Å². The Balaban J connectivity index is 1.65. The predicted molar refractivity (Wildman–Crippen MR) is 148 cm³/mol. The molecule has 1 fully saturated rings. The highest BCUT2D eigenvalue weighted by atomic mass is 16.6. The number of carbonyl (C=O) groups is 4. The van der Waals surface area contributed by atoms with E-state index in [1.54, 1.807) is 0 Å². The SMILES string of the molecule is COC(=O)CCCCC(=O)Oc1c(C/C=C(\C)CCC(=O)OCCN2CCOCC2)c(OC)c(C)c2c1C(=O)OC2. The first-order chi connectivity index (χ1) is 19.7. The molecule has 0 unspecified atom stereocenters. The van der Waals surface area contributed by atoms with E-state index in [4.69, 9.17) is 23.7 Å². The number of methoxy groups -OCH3 is 2. The zero-order chi connectivity index (χ0) is 29.8. The third-order valence-electron chi connectivity index (χ3n) is 7.23. The minimum Gasteiger partial charge on any atom is -0.496 e. The molecule has 0 radical (unpaired) electrons. The lowest BCUT2D eigenvalue weighted by molar-refractivity contribution is -0.144. The molecule has 0 aliphatic carbocycles. The van der Waals surface area contributed by atoms with E-state index < -0.39 is 11.9 Å². The maximum Gasteiger partial charge on any atom is 0.342 e. The number of hydrogen-bond acceptors (Lipinski definition) is 11. The highest BCUT2D eigenvalue weighted by Crippen LogP contribution is 2.43. The van der Waals surface area contributed by atoms with Crippen molar-refractivity contribution in [2.24, 2.45) is 0 Å². The van der Waals surface area contributed by atoms with Crippen LogP contribution in [-0.2, 0) is 46.4 Å². The van der Waals surface area contributed by atoms with Gasteiger partial charge in [0, 0.05) is 50.0 Å². The number of unbranched alkanes of at least 4 members (excludes halogenated alkanes) is 1. The Kier molecular flexibility index (Phi) is 12.6. The van der Waals surface area contributed by atoms with Crippen LogP contribution in [0.4, 0.5) is 0 Å². The first kappa shape index (κ1) is 32.1. The van der Waals surface area contributed by atoms with Crippen LogP contribution < -0.4 is 9.47 Å². The molecule has 0 N–H and O–H groups in total. The molecule has 3 rings (SSSR count). The Morgan fingerprint density at radius 2 is 1.66 bits per heavy atom. The standard InChI is InChI=1S/C30H41NO10/c1-20(10-12-25(33)39-18-15-31-13-16-38-17-14-31)9-11-22-28(37-4)21(2)23-19-40-30(35)27(23)29(22)41-26(34)8-6-5-7-24(32)36-3/h9H,5-8,10-19H2,1-4H3/b20-9+. The average molecular weight is 576 g/mol. The molecule has 0 bridgehead atoms. The number of ether oxygens (including phenoxy) is 6. The molecule has 11 nitrogen and oxygen atoms in total. The summed E-state index contributed by atoms with van der Waals surface area (Å²) in [5, 5.41) is 0. The minimum absolute atomic E-state index is 0.0684. The second kappa shape index (κ2) is 16.1. The molecule has 2 aliphatic rings. The second-order valence-corrected chi connectivity index (χ2v) is 10.1. The maximum atomic E-state index is 12.8. The smallest absolute Gasteiger partial charge is 0.342 e. The molecule has 0 saturated carbocycles. The van der Waals surface area contributed by atoms with Crippen molar-refractivity contribution in [1.29, 1.82) is 0 Å². The van der Waals surface area contributed by atoms with E-state index in [2.05, 4.69) is 9.64 Å². The molecule has 1 saturated heterocycles. The lowest BCUT2D eigenvalue weighted by Crippen LogP contribution is -2.38. The van der Waals surface area contributed by atoms with Gasteiger partial charge in [0.2, 0.25) is 0 Å². The quantitative estimate of drug-likeness (QED) is 0.100. The molecule has 41 heavy (non-hydrogen) atoms. The summed E-state index contributed by atoms with van der Waals surface area (Å²) in [4.78, 5) is 51.2. The number of cyclic esters (lactones) is 1. The van der Waals surface area contributed by atoms with E-state index in [-0.39, 0.29) is 49.1 Å². The van der Waals surface area contributed by atoms with Gasteiger partial charge in [-0.2, -0.15) is 0 Å². The number of carbonyl (C=O) groups excluding carboxylic acids is 4. The summed E-state index contributed by atoms with van der Waals surface area (Å²) < 4.78 is 32.1. The summed E-state index contributed by atoms with van der Waals surface area (Å²) in [6.07, 6.45) is 4.17. The lowest BCUT2D eigenvalue weighted by atomic mass is 9.94. The second-order valence-electron chi connectivity index (χ2n) is 10.1. The Morgan fingerprint density at radius 3 is 2.34 bits per heavy atom. The average Bonchev–Trinajstić information content (AvgIpc) is 3.36. The fourth-order valence-corrected chi connectivity index (χ4v) is 4.79. The molecule has 1 aromatic carbocycles. The molecule has 0 amide bonds. The van der Waals surface area contributed by atoms with Crippen LogP contribution in [0.15, 0.2) is 11.6 Å². The molecule has 0 atom stereocenters. The van der Waals surface area contributed by atoms with Crippen molar-refractivity contribution >= 4 is 23.9 Å². The molecule has 11 heteroatoms. The van der Waals surface area contributed by atoms with Crippen LogP contribution in [0.5, 0.6) is 11.5 Å². The summed E-state index contributed by atoms with van der Waals surface area (Å²) in [7, 11) is 2.84. The number of nitrogens with zero attached hydrogens (tertiary/aromatic N) is 1. The van der Waals surface area contributed by atoms with Gasteiger partial charge in [-0.1, -0.05) is 11.6 Å². The van der Waals surface area contributed by atoms with E-state index >= 15 is 0 Å². The monoisotopic (exact) mass is 575 g/mol. The van der Waals surface area contributed by atoms with Gasteiger partial charge in [0.05, 0.1) is 27.4 Å². The van der Waals surface area contributed by atoms with Crippen molar-refractivity contribution < 1.29 is 47.6 Å². The van der Waals surface area contributed by atoms with Gasteiger partial charge in [0.15, 0.2) is 5.75 Å². The van der Waals surface area contributed by atoms with Crippen LogP contribution in [0.2, 0.25) is 0 Å². The fraction of sp³-hybridized carbons (Fsp3) is 0.600. The van der Waals surface area contributed by atoms with Crippen molar-refractivity contribution in [2.45, 2.75) is 65.4 Å². The van der Waals surface area contributed by atoms with Crippen molar-refractivity contribution in [3.05, 3.63) is 33.9 Å². The van der Waals surface area contributed by atoms with E-state index in [1.165, 1.54) is 14.2 Å². The zero-order valence-corrected chi connectivity index (χ0v) is 24.5. The van der Waals surface area contributed by atoms with Crippen LogP contribution in [0.25, 0.3) is 0 Å². The van der Waals surface area contributed by atoms with E-state index in [1.807, 2.05) is 19.9 Å². The Morgan fingerprint density at radius 1 is 0.951 bits per heavy atom. The Hall–Kier alpha value is -3.44. The molecule has 0 aromatic heterocycles. The van der Waals surface area contributed by atoms with Crippen molar-refractivity contribution in [3.8, 4) is 11.5 Å². The normalized spacial score (nSPS) is 15.2. The number of fused-ring (bicyclic) bond motifs is 1. The van der Waals surface area contributed by atoms with Crippen LogP contribution >= 0.6 is 0 Å². The molecule has 226 valence electrons. The maximum absolute atomic E-state index is 12.8. The van der Waals surface area contributed by atoms with Gasteiger partial charge in [-0.3, -0.25) is 19.3 Å². The summed E-state index contributed by atoms with van der Waals surface area (Å²) in [6, 6.07) is 0. The highest BCUT2D eigenvalue weighted by Gasteiger charge is 2.34. The van der Waals surface area contributed by atoms with Gasteiger partial charge < -0.3 is 28.4 Å². The topological polar surface area (TPSA) is 127 Å². The number of morpholine rings is 1. The summed E-state index contributed by atoms with van der Waals surface area (Å²) in [5.41, 5.74) is 3.10. The largest absolute Gasteiger partial charge is 0.496 e. The highest BCUT2D eigenvalue weighted by molar-refractivity contribution is 5.99. The Bertz CT molecular complexity index is 1140. The van der Waals surface area contributed by atoms with Crippen LogP contribution in [0.1, 0.15) is 72.5 Å². The van der Waals surface area contributed by atoms with Gasteiger partial charge in [0.1, 0.15) is 24.5 Å². The number of esters is 4. The van der Waals surface area contributed by atoms with Gasteiger partial charge in [-0.15, -0.1) is 0 Å². The summed E-state index contributed by atoms with van der Waals surface area (Å²) in [5.74, 6) is -1.03. The van der Waals surface area contributed by atoms with E-state index in [0.29, 0.717) is 68.9 Å². The van der Waals surface area contributed by atoms with Gasteiger partial charge >= 0.3 is 23.9 Å². The molecule has 1 aromatic rings. The molecule has 0 spiro atoms. The Labute approximate surface area is 241 Å². The number of rotatable bonds is 15. The molecular formula is C30H41NO10. The van der Waals surface area contributed by atoms with Gasteiger partial charge in [-0.25, -0.2) is 4.79 Å². The third-order valence-corrected chi connectivity index (χ3v) is 7.23. The number of benzene rings is 1. The van der Waals surface area contributed by atoms with E-state index in [0.717, 1.165) is 24.2 Å². The fourth-order valence-electron chi connectivity index (χ4n) is 4.79. The van der Waals surface area contributed by atoms with Crippen LogP contribution in [-0.4, -0.2) is 82.5 Å². The first-order valence-corrected chi connectivity index (χ1v) is 14.0. The molecular weight excluding hydrogens is 534 g/mol.